The largest absolute Gasteiger partial charge is 0.494 e. The van der Waals surface area contributed by atoms with Gasteiger partial charge in [0, 0.05) is 35.8 Å². The number of rotatable bonds is 10. The highest BCUT2D eigenvalue weighted by Crippen LogP contribution is 2.41. The van der Waals surface area contributed by atoms with Crippen LogP contribution in [-0.2, 0) is 4.79 Å². The van der Waals surface area contributed by atoms with Crippen molar-refractivity contribution in [3.63, 3.8) is 0 Å². The molecule has 2 fully saturated rings. The van der Waals surface area contributed by atoms with Crippen LogP contribution in [0.2, 0.25) is 0 Å². The number of nitrogens with one attached hydrogen (secondary N) is 2. The zero-order chi connectivity index (χ0) is 31.8. The van der Waals surface area contributed by atoms with Crippen LogP contribution in [-0.4, -0.2) is 68.2 Å². The van der Waals surface area contributed by atoms with E-state index >= 15 is 0 Å². The fourth-order valence-corrected chi connectivity index (χ4v) is 5.48. The maximum atomic E-state index is 15.0. The summed E-state index contributed by atoms with van der Waals surface area (Å²) in [5.41, 5.74) is 3.07. The van der Waals surface area contributed by atoms with E-state index in [0.717, 1.165) is 37.8 Å². The molecule has 4 heterocycles. The summed E-state index contributed by atoms with van der Waals surface area (Å²) >= 11 is 0. The number of aromatic nitrogens is 5. The van der Waals surface area contributed by atoms with E-state index in [1.807, 2.05) is 43.1 Å². The minimum absolute atomic E-state index is 0.113. The summed E-state index contributed by atoms with van der Waals surface area (Å²) in [5.74, 6) is 0.973. The van der Waals surface area contributed by atoms with Crippen molar-refractivity contribution in [2.45, 2.75) is 44.8 Å². The SMILES string of the molecule is COc1cc2ncnc(Nc3cc(C)c(Oc4ccn5ncnc5c4)cc3OC3CC3)c2cc1NC(=O)/C(F)=C/C1CCCN1C. The Morgan fingerprint density at radius 1 is 1.02 bits per heavy atom. The molecule has 5 aromatic rings. The van der Waals surface area contributed by atoms with E-state index in [-0.39, 0.29) is 12.1 Å². The van der Waals surface area contributed by atoms with Gasteiger partial charge in [-0.25, -0.2) is 23.9 Å². The predicted molar refractivity (Wildman–Crippen MR) is 171 cm³/mol. The maximum absolute atomic E-state index is 15.0. The highest BCUT2D eigenvalue weighted by molar-refractivity contribution is 6.05. The lowest BCUT2D eigenvalue weighted by molar-refractivity contribution is -0.114. The van der Waals surface area contributed by atoms with Crippen molar-refractivity contribution in [1.82, 2.24) is 29.5 Å². The number of amides is 1. The number of fused-ring (bicyclic) bond motifs is 2. The Bertz CT molecular complexity index is 1970. The molecule has 2 aliphatic rings. The van der Waals surface area contributed by atoms with Crippen LogP contribution < -0.4 is 24.8 Å². The van der Waals surface area contributed by atoms with Crippen LogP contribution in [0.3, 0.4) is 0 Å². The fourth-order valence-electron chi connectivity index (χ4n) is 5.48. The first-order chi connectivity index (χ1) is 22.3. The lowest BCUT2D eigenvalue weighted by Crippen LogP contribution is -2.24. The Labute approximate surface area is 264 Å². The number of likely N-dealkylation sites (N-methyl/N-ethyl adjacent to an activating group) is 1. The van der Waals surface area contributed by atoms with E-state index in [1.54, 1.807) is 22.8 Å². The van der Waals surface area contributed by atoms with E-state index in [0.29, 0.717) is 56.7 Å². The highest BCUT2D eigenvalue weighted by atomic mass is 19.1. The second kappa shape index (κ2) is 12.2. The molecule has 1 amide bonds. The Balaban J connectivity index is 1.19. The lowest BCUT2D eigenvalue weighted by atomic mass is 10.1. The third-order valence-corrected chi connectivity index (χ3v) is 8.17. The van der Waals surface area contributed by atoms with E-state index < -0.39 is 11.7 Å². The number of hydrogen-bond acceptors (Lipinski definition) is 10. The number of methoxy groups -OCH3 is 1. The van der Waals surface area contributed by atoms with E-state index in [1.165, 1.54) is 25.8 Å². The Morgan fingerprint density at radius 2 is 1.89 bits per heavy atom. The van der Waals surface area contributed by atoms with E-state index in [9.17, 15) is 9.18 Å². The standard InChI is InChI=1S/C33H33FN8O4/c1-19-11-26(30(45-21-6-7-21)16-28(19)46-22-8-10-42-31(13-22)36-18-38-42)39-32-23-14-27(29(44-3)15-25(23)35-17-37-32)40-33(43)24(34)12-20-5-4-9-41(20)2/h8,10-18,20-21H,4-7,9H2,1-3H3,(H,40,43)(H,35,37,39)/b24-12-. The first-order valence-corrected chi connectivity index (χ1v) is 15.1. The average molecular weight is 625 g/mol. The zero-order valence-electron chi connectivity index (χ0n) is 25.7. The summed E-state index contributed by atoms with van der Waals surface area (Å²) in [6, 6.07) is 10.7. The Morgan fingerprint density at radius 3 is 2.67 bits per heavy atom. The van der Waals surface area contributed by atoms with Crippen molar-refractivity contribution < 1.29 is 23.4 Å². The molecule has 13 heteroatoms. The molecule has 1 atom stereocenters. The molecule has 0 bridgehead atoms. The van der Waals surface area contributed by atoms with Gasteiger partial charge in [-0.2, -0.15) is 5.10 Å². The molecule has 236 valence electrons. The van der Waals surface area contributed by atoms with Crippen molar-refractivity contribution in [3.8, 4) is 23.0 Å². The molecule has 1 saturated heterocycles. The zero-order valence-corrected chi connectivity index (χ0v) is 25.7. The second-order valence-corrected chi connectivity index (χ2v) is 11.5. The normalized spacial score (nSPS) is 17.0. The number of nitrogens with zero attached hydrogens (tertiary/aromatic N) is 6. The monoisotopic (exact) mass is 624 g/mol. The molecule has 1 aliphatic heterocycles. The molecule has 0 radical (unpaired) electrons. The molecule has 1 saturated carbocycles. The first-order valence-electron chi connectivity index (χ1n) is 15.1. The van der Waals surface area contributed by atoms with Crippen LogP contribution in [0.1, 0.15) is 31.2 Å². The molecule has 0 spiro atoms. The van der Waals surface area contributed by atoms with E-state index in [4.69, 9.17) is 14.2 Å². The van der Waals surface area contributed by atoms with Gasteiger partial charge in [-0.1, -0.05) is 0 Å². The lowest BCUT2D eigenvalue weighted by Gasteiger charge is -2.18. The maximum Gasteiger partial charge on any atom is 0.284 e. The Hall–Kier alpha value is -5.30. The number of ether oxygens (including phenoxy) is 3. The summed E-state index contributed by atoms with van der Waals surface area (Å²) in [6.45, 7) is 2.81. The van der Waals surface area contributed by atoms with Crippen molar-refractivity contribution in [2.24, 2.45) is 0 Å². The van der Waals surface area contributed by atoms with Gasteiger partial charge < -0.3 is 24.8 Å². The van der Waals surface area contributed by atoms with Crippen molar-refractivity contribution >= 4 is 39.6 Å². The minimum Gasteiger partial charge on any atom is -0.494 e. The van der Waals surface area contributed by atoms with Gasteiger partial charge in [-0.15, -0.1) is 0 Å². The smallest absolute Gasteiger partial charge is 0.284 e. The van der Waals surface area contributed by atoms with Gasteiger partial charge in [-0.3, -0.25) is 9.69 Å². The van der Waals surface area contributed by atoms with Crippen LogP contribution in [0.5, 0.6) is 23.0 Å². The molecule has 1 unspecified atom stereocenters. The van der Waals surface area contributed by atoms with Gasteiger partial charge in [-0.05, 0) is 76.0 Å². The first kappa shape index (κ1) is 29.4. The minimum atomic E-state index is -0.848. The molecule has 12 nitrogen and oxygen atoms in total. The summed E-state index contributed by atoms with van der Waals surface area (Å²) in [7, 11) is 3.40. The van der Waals surface area contributed by atoms with Gasteiger partial charge in [0.2, 0.25) is 0 Å². The fraction of sp³-hybridized carbons (Fsp3) is 0.303. The highest BCUT2D eigenvalue weighted by Gasteiger charge is 2.26. The summed E-state index contributed by atoms with van der Waals surface area (Å²) in [4.78, 5) is 28.0. The molecular formula is C33H33FN8O4. The quantitative estimate of drug-likeness (QED) is 0.180. The third kappa shape index (κ3) is 6.13. The number of carbonyl (C=O) groups is 1. The number of halogens is 1. The van der Waals surface area contributed by atoms with Crippen LogP contribution in [0, 0.1) is 6.92 Å². The second-order valence-electron chi connectivity index (χ2n) is 11.5. The number of likely N-dealkylation sites (tertiary alicyclic amines) is 1. The van der Waals surface area contributed by atoms with Crippen molar-refractivity contribution in [2.75, 3.05) is 31.3 Å². The number of anilines is 3. The average Bonchev–Trinajstić information content (AvgIpc) is 3.59. The summed E-state index contributed by atoms with van der Waals surface area (Å²) < 4.78 is 34.7. The molecule has 2 N–H and O–H groups in total. The van der Waals surface area contributed by atoms with Crippen LogP contribution in [0.25, 0.3) is 16.6 Å². The summed E-state index contributed by atoms with van der Waals surface area (Å²) in [5, 5.41) is 10.8. The summed E-state index contributed by atoms with van der Waals surface area (Å²) in [6.07, 6.45) is 9.90. The molecule has 3 aromatic heterocycles. The molecule has 2 aromatic carbocycles. The van der Waals surface area contributed by atoms with Crippen LogP contribution in [0.4, 0.5) is 21.6 Å². The molecule has 7 rings (SSSR count). The number of carbonyl (C=O) groups excluding carboxylic acids is 1. The molecule has 1 aliphatic carbocycles. The van der Waals surface area contributed by atoms with Gasteiger partial charge in [0.15, 0.2) is 11.5 Å². The number of aryl methyl sites for hydroxylation is 1. The van der Waals surface area contributed by atoms with Crippen LogP contribution in [0.15, 0.2) is 67.2 Å². The number of benzene rings is 2. The van der Waals surface area contributed by atoms with Crippen molar-refractivity contribution in [1.29, 1.82) is 0 Å². The number of hydrogen-bond donors (Lipinski definition) is 2. The van der Waals surface area contributed by atoms with Gasteiger partial charge >= 0.3 is 0 Å². The predicted octanol–water partition coefficient (Wildman–Crippen LogP) is 5.95. The van der Waals surface area contributed by atoms with Gasteiger partial charge in [0.05, 0.1) is 30.1 Å². The van der Waals surface area contributed by atoms with Crippen molar-refractivity contribution in [3.05, 3.63) is 72.7 Å². The van der Waals surface area contributed by atoms with Gasteiger partial charge in [0.1, 0.15) is 41.5 Å². The van der Waals surface area contributed by atoms with Crippen LogP contribution >= 0.6 is 0 Å². The molecular weight excluding hydrogens is 591 g/mol. The number of pyridine rings is 1. The topological polar surface area (TPSA) is 128 Å². The Kier molecular flexibility index (Phi) is 7.83. The molecule has 46 heavy (non-hydrogen) atoms. The van der Waals surface area contributed by atoms with Gasteiger partial charge in [0.25, 0.3) is 5.91 Å². The van der Waals surface area contributed by atoms with E-state index in [2.05, 4.69) is 30.7 Å². The third-order valence-electron chi connectivity index (χ3n) is 8.17.